The smallest absolute Gasteiger partial charge is 0.182 e. The third-order valence-corrected chi connectivity index (χ3v) is 4.61. The van der Waals surface area contributed by atoms with Crippen LogP contribution in [-0.2, 0) is 0 Å². The largest absolute Gasteiger partial charge is 0.389 e. The third kappa shape index (κ3) is 3.34. The first-order valence-corrected chi connectivity index (χ1v) is 7.65. The molecule has 0 saturated carbocycles. The van der Waals surface area contributed by atoms with E-state index in [2.05, 4.69) is 20.8 Å². The minimum Gasteiger partial charge on any atom is -0.389 e. The summed E-state index contributed by atoms with van der Waals surface area (Å²) in [6, 6.07) is 3.04. The molecule has 1 aliphatic heterocycles. The van der Waals surface area contributed by atoms with E-state index in [0.29, 0.717) is 11.6 Å². The van der Waals surface area contributed by atoms with E-state index < -0.39 is 11.6 Å². The predicted molar refractivity (Wildman–Crippen MR) is 86.6 cm³/mol. The Hall–Kier alpha value is -1.23. The molecule has 116 valence electrons. The van der Waals surface area contributed by atoms with Crippen molar-refractivity contribution in [3.05, 3.63) is 29.3 Å². The second-order valence-corrected chi connectivity index (χ2v) is 7.19. The molecule has 1 saturated heterocycles. The number of rotatable bonds is 2. The first kappa shape index (κ1) is 16.1. The minimum atomic E-state index is -0.946. The molecule has 0 amide bonds. The molecule has 1 aromatic rings. The van der Waals surface area contributed by atoms with Crippen LogP contribution in [-0.4, -0.2) is 18.1 Å². The summed E-state index contributed by atoms with van der Waals surface area (Å²) >= 11 is 4.72. The van der Waals surface area contributed by atoms with Crippen molar-refractivity contribution in [2.45, 2.75) is 33.6 Å². The lowest BCUT2D eigenvalue weighted by Gasteiger charge is -2.39. The summed E-state index contributed by atoms with van der Waals surface area (Å²) in [4.78, 5) is 1.79. The number of anilines is 1. The van der Waals surface area contributed by atoms with Crippen molar-refractivity contribution in [3.63, 3.8) is 0 Å². The summed E-state index contributed by atoms with van der Waals surface area (Å²) in [7, 11) is 0. The minimum absolute atomic E-state index is 0.0316. The molecule has 0 atom stereocenters. The van der Waals surface area contributed by atoms with Gasteiger partial charge in [0.25, 0.3) is 0 Å². The number of hydrogen-bond donors (Lipinski definition) is 1. The van der Waals surface area contributed by atoms with Gasteiger partial charge in [-0.25, -0.2) is 8.78 Å². The summed E-state index contributed by atoms with van der Waals surface area (Å²) in [5.41, 5.74) is 5.92. The van der Waals surface area contributed by atoms with Gasteiger partial charge < -0.3 is 10.6 Å². The lowest BCUT2D eigenvalue weighted by atomic mass is 9.75. The quantitative estimate of drug-likeness (QED) is 0.841. The van der Waals surface area contributed by atoms with Crippen molar-refractivity contribution in [1.29, 1.82) is 0 Å². The molecule has 1 fully saturated rings. The first-order chi connectivity index (χ1) is 9.71. The van der Waals surface area contributed by atoms with E-state index in [1.54, 1.807) is 6.07 Å². The predicted octanol–water partition coefficient (Wildman–Crippen LogP) is 3.86. The Kier molecular flexibility index (Phi) is 4.51. The summed E-state index contributed by atoms with van der Waals surface area (Å²) in [5.74, 6) is -1.19. The third-order valence-electron chi connectivity index (χ3n) is 4.39. The molecule has 0 unspecified atom stereocenters. The number of halogens is 2. The molecule has 1 aromatic carbocycles. The van der Waals surface area contributed by atoms with Crippen molar-refractivity contribution >= 4 is 22.9 Å². The highest BCUT2D eigenvalue weighted by Crippen LogP contribution is 2.36. The maximum Gasteiger partial charge on any atom is 0.182 e. The fourth-order valence-corrected chi connectivity index (χ4v) is 3.12. The van der Waals surface area contributed by atoms with Crippen molar-refractivity contribution in [2.24, 2.45) is 17.1 Å². The first-order valence-electron chi connectivity index (χ1n) is 7.24. The van der Waals surface area contributed by atoms with Crippen LogP contribution < -0.4 is 10.6 Å². The Bertz CT molecular complexity index is 544. The Balaban J connectivity index is 2.18. The average Bonchev–Trinajstić information content (AvgIpc) is 2.40. The van der Waals surface area contributed by atoms with Gasteiger partial charge in [-0.3, -0.25) is 0 Å². The van der Waals surface area contributed by atoms with Crippen molar-refractivity contribution in [3.8, 4) is 0 Å². The van der Waals surface area contributed by atoms with E-state index in [9.17, 15) is 8.78 Å². The van der Waals surface area contributed by atoms with Gasteiger partial charge in [-0.1, -0.05) is 33.0 Å². The second-order valence-electron chi connectivity index (χ2n) is 6.75. The molecule has 0 radical (unpaired) electrons. The maximum absolute atomic E-state index is 14.2. The Morgan fingerprint density at radius 2 is 1.76 bits per heavy atom. The van der Waals surface area contributed by atoms with Gasteiger partial charge in [0.15, 0.2) is 11.6 Å². The Labute approximate surface area is 130 Å². The van der Waals surface area contributed by atoms with Crippen molar-refractivity contribution in [1.82, 2.24) is 0 Å². The van der Waals surface area contributed by atoms with E-state index in [1.807, 2.05) is 4.90 Å². The summed E-state index contributed by atoms with van der Waals surface area (Å²) in [5, 5.41) is 0. The number of piperidine rings is 1. The van der Waals surface area contributed by atoms with Gasteiger partial charge in [0, 0.05) is 18.7 Å². The van der Waals surface area contributed by atoms with E-state index in [1.165, 1.54) is 6.07 Å². The molecule has 2 N–H and O–H groups in total. The number of hydrogen-bond acceptors (Lipinski definition) is 2. The van der Waals surface area contributed by atoms with Gasteiger partial charge in [-0.2, -0.15) is 0 Å². The van der Waals surface area contributed by atoms with Crippen LogP contribution in [0.1, 0.15) is 39.2 Å². The summed E-state index contributed by atoms with van der Waals surface area (Å²) in [6.45, 7) is 8.16. The lowest BCUT2D eigenvalue weighted by molar-refractivity contribution is 0.198. The molecule has 5 heteroatoms. The molecule has 2 nitrogen and oxygen atoms in total. The fraction of sp³-hybridized carbons (Fsp3) is 0.562. The van der Waals surface area contributed by atoms with Gasteiger partial charge in [0.2, 0.25) is 0 Å². The van der Waals surface area contributed by atoms with Gasteiger partial charge in [0.05, 0.1) is 5.69 Å². The van der Waals surface area contributed by atoms with Crippen LogP contribution in [0.15, 0.2) is 12.1 Å². The highest BCUT2D eigenvalue weighted by molar-refractivity contribution is 7.80. The van der Waals surface area contributed by atoms with Crippen molar-refractivity contribution in [2.75, 3.05) is 18.0 Å². The highest BCUT2D eigenvalue weighted by Gasteiger charge is 2.30. The zero-order chi connectivity index (χ0) is 15.8. The van der Waals surface area contributed by atoms with E-state index in [-0.39, 0.29) is 16.0 Å². The van der Waals surface area contributed by atoms with Gasteiger partial charge in [-0.15, -0.1) is 0 Å². The number of benzene rings is 1. The van der Waals surface area contributed by atoms with Crippen LogP contribution in [0.2, 0.25) is 0 Å². The average molecular weight is 312 g/mol. The molecular formula is C16H22F2N2S. The zero-order valence-electron chi connectivity index (χ0n) is 12.7. The molecule has 0 spiro atoms. The normalized spacial score (nSPS) is 17.1. The Morgan fingerprint density at radius 1 is 1.19 bits per heavy atom. The number of nitrogens with zero attached hydrogens (tertiary/aromatic N) is 1. The van der Waals surface area contributed by atoms with Crippen LogP contribution in [0, 0.1) is 23.0 Å². The van der Waals surface area contributed by atoms with Crippen LogP contribution in [0.5, 0.6) is 0 Å². The van der Waals surface area contributed by atoms with Crippen LogP contribution >= 0.6 is 12.2 Å². The standard InChI is InChI=1S/C16H22F2N2S/c1-16(2,3)10-6-8-20(9-7-10)12-5-4-11(15(19)21)13(17)14(12)18/h4-5,10H,6-9H2,1-3H3,(H2,19,21). The number of thiocarbonyl (C=S) groups is 1. The van der Waals surface area contributed by atoms with E-state index in [4.69, 9.17) is 18.0 Å². The summed E-state index contributed by atoms with van der Waals surface area (Å²) in [6.07, 6.45) is 1.98. The number of nitrogens with two attached hydrogens (primary N) is 1. The van der Waals surface area contributed by atoms with Gasteiger partial charge in [0.1, 0.15) is 4.99 Å². The molecule has 0 aliphatic carbocycles. The molecule has 0 bridgehead atoms. The van der Waals surface area contributed by atoms with E-state index in [0.717, 1.165) is 25.9 Å². The monoisotopic (exact) mass is 312 g/mol. The Morgan fingerprint density at radius 3 is 2.24 bits per heavy atom. The molecule has 0 aromatic heterocycles. The second kappa shape index (κ2) is 5.87. The van der Waals surface area contributed by atoms with Crippen LogP contribution in [0.25, 0.3) is 0 Å². The zero-order valence-corrected chi connectivity index (χ0v) is 13.6. The lowest BCUT2D eigenvalue weighted by Crippen LogP contribution is -2.38. The molecular weight excluding hydrogens is 290 g/mol. The van der Waals surface area contributed by atoms with Crippen LogP contribution in [0.4, 0.5) is 14.5 Å². The highest BCUT2D eigenvalue weighted by atomic mass is 32.1. The maximum atomic E-state index is 14.2. The van der Waals surface area contributed by atoms with Gasteiger partial charge in [-0.05, 0) is 36.3 Å². The molecule has 21 heavy (non-hydrogen) atoms. The SMILES string of the molecule is CC(C)(C)C1CCN(c2ccc(C(N)=S)c(F)c2F)CC1. The molecule has 2 rings (SSSR count). The molecule has 1 heterocycles. The van der Waals surface area contributed by atoms with E-state index >= 15 is 0 Å². The van der Waals surface area contributed by atoms with Crippen LogP contribution in [0.3, 0.4) is 0 Å². The topological polar surface area (TPSA) is 29.3 Å². The van der Waals surface area contributed by atoms with Gasteiger partial charge >= 0.3 is 0 Å². The fourth-order valence-electron chi connectivity index (χ4n) is 2.96. The summed E-state index contributed by atoms with van der Waals surface area (Å²) < 4.78 is 28.2. The van der Waals surface area contributed by atoms with Crippen molar-refractivity contribution < 1.29 is 8.78 Å². The molecule has 1 aliphatic rings.